The molecule has 1 atom stereocenters. The van der Waals surface area contributed by atoms with Gasteiger partial charge in [0.1, 0.15) is 0 Å². The molecule has 0 bridgehead atoms. The summed E-state index contributed by atoms with van der Waals surface area (Å²) in [6, 6.07) is 4.99. The normalized spacial score (nSPS) is 12.7. The molecular weight excluding hydrogens is 250 g/mol. The minimum Gasteiger partial charge on any atom is -0.396 e. The van der Waals surface area contributed by atoms with Crippen LogP contribution >= 0.6 is 0 Å². The fourth-order valence-corrected chi connectivity index (χ4v) is 2.40. The first-order valence-electron chi connectivity index (χ1n) is 7.70. The van der Waals surface area contributed by atoms with Crippen molar-refractivity contribution in [3.05, 3.63) is 24.0 Å². The quantitative estimate of drug-likeness (QED) is 0.730. The van der Waals surface area contributed by atoms with Gasteiger partial charge in [-0.15, -0.1) is 0 Å². The van der Waals surface area contributed by atoms with Crippen LogP contribution in [0.15, 0.2) is 18.3 Å². The molecule has 1 rings (SSSR count). The lowest BCUT2D eigenvalue weighted by Crippen LogP contribution is -2.32. The molecule has 1 aromatic heterocycles. The maximum atomic E-state index is 9.00. The smallest absolute Gasteiger partial charge is 0.0574 e. The fourth-order valence-electron chi connectivity index (χ4n) is 2.40. The van der Waals surface area contributed by atoms with Gasteiger partial charge < -0.3 is 15.3 Å². The van der Waals surface area contributed by atoms with Crippen LogP contribution in [0.4, 0.5) is 5.69 Å². The van der Waals surface area contributed by atoms with Crippen LogP contribution in [0.1, 0.15) is 52.3 Å². The van der Waals surface area contributed by atoms with Crippen LogP contribution in [0.25, 0.3) is 0 Å². The van der Waals surface area contributed by atoms with Crippen LogP contribution in [0, 0.1) is 0 Å². The highest BCUT2D eigenvalue weighted by Gasteiger charge is 2.13. The lowest BCUT2D eigenvalue weighted by Gasteiger charge is -2.29. The van der Waals surface area contributed by atoms with Crippen molar-refractivity contribution in [2.75, 3.05) is 24.6 Å². The molecule has 0 aliphatic carbocycles. The summed E-state index contributed by atoms with van der Waals surface area (Å²) in [6.07, 6.45) is 3.78. The van der Waals surface area contributed by atoms with E-state index < -0.39 is 0 Å². The third kappa shape index (κ3) is 4.76. The molecule has 0 aromatic carbocycles. The summed E-state index contributed by atoms with van der Waals surface area (Å²) in [5.74, 6) is 0. The molecule has 4 heteroatoms. The van der Waals surface area contributed by atoms with Crippen LogP contribution < -0.4 is 10.2 Å². The number of pyridine rings is 1. The molecule has 0 spiro atoms. The van der Waals surface area contributed by atoms with Gasteiger partial charge in [-0.3, -0.25) is 4.98 Å². The predicted molar refractivity (Wildman–Crippen MR) is 85.1 cm³/mol. The maximum absolute atomic E-state index is 9.00. The number of aliphatic hydroxyl groups is 1. The summed E-state index contributed by atoms with van der Waals surface area (Å²) in [7, 11) is 0. The van der Waals surface area contributed by atoms with Crippen molar-refractivity contribution in [2.24, 2.45) is 0 Å². The van der Waals surface area contributed by atoms with Gasteiger partial charge in [0, 0.05) is 25.2 Å². The Morgan fingerprint density at radius 2 is 2.05 bits per heavy atom. The monoisotopic (exact) mass is 279 g/mol. The Hall–Kier alpha value is -1.13. The number of aromatic nitrogens is 1. The van der Waals surface area contributed by atoms with E-state index in [1.165, 1.54) is 0 Å². The zero-order chi connectivity index (χ0) is 15.0. The largest absolute Gasteiger partial charge is 0.396 e. The Morgan fingerprint density at radius 1 is 1.30 bits per heavy atom. The molecule has 1 unspecified atom stereocenters. The molecule has 0 saturated heterocycles. The van der Waals surface area contributed by atoms with E-state index in [0.717, 1.165) is 37.3 Å². The summed E-state index contributed by atoms with van der Waals surface area (Å²) >= 11 is 0. The Balaban J connectivity index is 2.81. The highest BCUT2D eigenvalue weighted by molar-refractivity contribution is 5.45. The van der Waals surface area contributed by atoms with Crippen molar-refractivity contribution in [2.45, 2.75) is 52.6 Å². The molecule has 1 heterocycles. The van der Waals surface area contributed by atoms with E-state index in [4.69, 9.17) is 5.11 Å². The molecule has 0 aliphatic rings. The Kier molecular flexibility index (Phi) is 7.55. The molecule has 2 N–H and O–H groups in total. The second-order valence-electron chi connectivity index (χ2n) is 5.32. The molecule has 0 saturated carbocycles. The lowest BCUT2D eigenvalue weighted by atomic mass is 10.1. The first kappa shape index (κ1) is 16.9. The predicted octanol–water partition coefficient (Wildman–Crippen LogP) is 2.74. The molecule has 0 amide bonds. The summed E-state index contributed by atoms with van der Waals surface area (Å²) in [6.45, 7) is 10.7. The average Bonchev–Trinajstić information content (AvgIpc) is 2.45. The number of hydrogen-bond donors (Lipinski definition) is 2. The number of nitrogens with zero attached hydrogens (tertiary/aromatic N) is 2. The van der Waals surface area contributed by atoms with Gasteiger partial charge in [-0.05, 0) is 45.4 Å². The van der Waals surface area contributed by atoms with Gasteiger partial charge in [0.25, 0.3) is 0 Å². The van der Waals surface area contributed by atoms with Crippen molar-refractivity contribution < 1.29 is 5.11 Å². The van der Waals surface area contributed by atoms with Gasteiger partial charge in [0.15, 0.2) is 0 Å². The van der Waals surface area contributed by atoms with Gasteiger partial charge in [-0.1, -0.05) is 13.8 Å². The second kappa shape index (κ2) is 8.93. The molecule has 114 valence electrons. The van der Waals surface area contributed by atoms with Crippen molar-refractivity contribution >= 4 is 5.69 Å². The third-order valence-corrected chi connectivity index (χ3v) is 3.50. The van der Waals surface area contributed by atoms with Gasteiger partial charge in [-0.2, -0.15) is 0 Å². The van der Waals surface area contributed by atoms with Gasteiger partial charge in [-0.25, -0.2) is 0 Å². The molecular formula is C16H29N3O. The van der Waals surface area contributed by atoms with Gasteiger partial charge in [0.05, 0.1) is 17.6 Å². The minimum atomic E-state index is 0.229. The molecule has 1 aromatic rings. The van der Waals surface area contributed by atoms with Crippen LogP contribution in [-0.2, 0) is 0 Å². The lowest BCUT2D eigenvalue weighted by molar-refractivity contribution is 0.288. The Morgan fingerprint density at radius 3 is 2.50 bits per heavy atom. The van der Waals surface area contributed by atoms with E-state index in [-0.39, 0.29) is 6.61 Å². The van der Waals surface area contributed by atoms with Crippen molar-refractivity contribution in [1.82, 2.24) is 10.3 Å². The third-order valence-electron chi connectivity index (χ3n) is 3.50. The molecule has 0 radical (unpaired) electrons. The standard InChI is InChI=1S/C16H29N3O/c1-5-15(17-6-2)16-9-8-14(12-18-16)19(13(3)4)10-7-11-20/h8-9,12-13,15,17,20H,5-7,10-11H2,1-4H3. The van der Waals surface area contributed by atoms with Crippen LogP contribution in [0.2, 0.25) is 0 Å². The van der Waals surface area contributed by atoms with Crippen LogP contribution in [-0.4, -0.2) is 35.8 Å². The first-order chi connectivity index (χ1) is 9.63. The van der Waals surface area contributed by atoms with Crippen molar-refractivity contribution in [3.63, 3.8) is 0 Å². The van der Waals surface area contributed by atoms with Crippen molar-refractivity contribution in [1.29, 1.82) is 0 Å². The minimum absolute atomic E-state index is 0.229. The first-order valence-corrected chi connectivity index (χ1v) is 7.70. The fraction of sp³-hybridized carbons (Fsp3) is 0.688. The van der Waals surface area contributed by atoms with Crippen LogP contribution in [0.3, 0.4) is 0 Å². The maximum Gasteiger partial charge on any atom is 0.0574 e. The number of anilines is 1. The SMILES string of the molecule is CCNC(CC)c1ccc(N(CCCO)C(C)C)cn1. The number of hydrogen-bond acceptors (Lipinski definition) is 4. The van der Waals surface area contributed by atoms with E-state index >= 15 is 0 Å². The zero-order valence-corrected chi connectivity index (χ0v) is 13.3. The number of nitrogens with one attached hydrogen (secondary N) is 1. The van der Waals surface area contributed by atoms with Crippen LogP contribution in [0.5, 0.6) is 0 Å². The number of rotatable bonds is 9. The van der Waals surface area contributed by atoms with Gasteiger partial charge in [0.2, 0.25) is 0 Å². The summed E-state index contributed by atoms with van der Waals surface area (Å²) in [4.78, 5) is 6.89. The topological polar surface area (TPSA) is 48.4 Å². The Bertz CT molecular complexity index is 364. The summed E-state index contributed by atoms with van der Waals surface area (Å²) in [5, 5.41) is 12.4. The highest BCUT2D eigenvalue weighted by Crippen LogP contribution is 2.20. The summed E-state index contributed by atoms with van der Waals surface area (Å²) in [5.41, 5.74) is 2.23. The van der Waals surface area contributed by atoms with Crippen molar-refractivity contribution in [3.8, 4) is 0 Å². The molecule has 4 nitrogen and oxygen atoms in total. The average molecular weight is 279 g/mol. The van der Waals surface area contributed by atoms with E-state index in [0.29, 0.717) is 12.1 Å². The van der Waals surface area contributed by atoms with E-state index in [2.05, 4.69) is 55.0 Å². The van der Waals surface area contributed by atoms with E-state index in [9.17, 15) is 0 Å². The second-order valence-corrected chi connectivity index (χ2v) is 5.32. The highest BCUT2D eigenvalue weighted by atomic mass is 16.3. The summed E-state index contributed by atoms with van der Waals surface area (Å²) < 4.78 is 0. The Labute approximate surface area is 123 Å². The zero-order valence-electron chi connectivity index (χ0n) is 13.3. The number of aliphatic hydroxyl groups excluding tert-OH is 1. The van der Waals surface area contributed by atoms with E-state index in [1.54, 1.807) is 0 Å². The van der Waals surface area contributed by atoms with Gasteiger partial charge >= 0.3 is 0 Å². The molecule has 0 aliphatic heterocycles. The molecule has 20 heavy (non-hydrogen) atoms. The van der Waals surface area contributed by atoms with E-state index in [1.807, 2.05) is 6.20 Å². The molecule has 0 fully saturated rings.